The molecule has 3 heteroatoms. The van der Waals surface area contributed by atoms with Gasteiger partial charge < -0.3 is 14.6 Å². The fraction of sp³-hybridized carbons (Fsp3) is 1.00. The first-order valence-corrected chi connectivity index (χ1v) is 6.01. The Morgan fingerprint density at radius 3 is 2.47 bits per heavy atom. The topological polar surface area (TPSA) is 38.7 Å². The van der Waals surface area contributed by atoms with E-state index in [1.165, 1.54) is 0 Å². The number of hydrogen-bond acceptors (Lipinski definition) is 3. The van der Waals surface area contributed by atoms with Crippen molar-refractivity contribution in [2.45, 2.75) is 38.7 Å². The molecule has 1 aliphatic heterocycles. The lowest BCUT2D eigenvalue weighted by Gasteiger charge is -2.38. The minimum atomic E-state index is -0.0567. The zero-order valence-electron chi connectivity index (χ0n) is 9.58. The van der Waals surface area contributed by atoms with E-state index in [0.29, 0.717) is 5.92 Å². The Bertz CT molecular complexity index is 193. The maximum atomic E-state index is 9.37. The molecule has 1 aliphatic carbocycles. The van der Waals surface area contributed by atoms with E-state index in [1.807, 2.05) is 0 Å². The van der Waals surface area contributed by atoms with Crippen LogP contribution in [0.3, 0.4) is 0 Å². The summed E-state index contributed by atoms with van der Waals surface area (Å²) in [5.74, 6) is 0.665. The van der Waals surface area contributed by atoms with Crippen molar-refractivity contribution in [3.05, 3.63) is 0 Å². The number of hydrogen-bond donors (Lipinski definition) is 1. The van der Waals surface area contributed by atoms with E-state index < -0.39 is 0 Å². The Morgan fingerprint density at radius 1 is 1.27 bits per heavy atom. The van der Waals surface area contributed by atoms with Crippen molar-refractivity contribution < 1.29 is 14.6 Å². The van der Waals surface area contributed by atoms with Crippen molar-refractivity contribution in [3.63, 3.8) is 0 Å². The van der Waals surface area contributed by atoms with Crippen LogP contribution >= 0.6 is 0 Å². The second kappa shape index (κ2) is 4.81. The first-order valence-electron chi connectivity index (χ1n) is 6.01. The van der Waals surface area contributed by atoms with Gasteiger partial charge in [0.05, 0.1) is 25.9 Å². The standard InChI is InChI=1S/C12H22O3/c1-12(8-15-9-12)7-14-6-10-2-4-11(13)5-3-10/h10-11,13H,2-9H2,1H3. The lowest BCUT2D eigenvalue weighted by molar-refractivity contribution is -0.141. The SMILES string of the molecule is CC1(COCC2CCC(O)CC2)COC1. The van der Waals surface area contributed by atoms with Gasteiger partial charge in [0.25, 0.3) is 0 Å². The van der Waals surface area contributed by atoms with Gasteiger partial charge in [-0.2, -0.15) is 0 Å². The Morgan fingerprint density at radius 2 is 1.93 bits per heavy atom. The molecule has 2 aliphatic rings. The summed E-state index contributed by atoms with van der Waals surface area (Å²) in [6.45, 7) is 5.59. The second-order valence-corrected chi connectivity index (χ2v) is 5.49. The van der Waals surface area contributed by atoms with E-state index in [-0.39, 0.29) is 11.5 Å². The van der Waals surface area contributed by atoms with E-state index in [9.17, 15) is 5.11 Å². The fourth-order valence-electron chi connectivity index (χ4n) is 2.32. The highest BCUT2D eigenvalue weighted by atomic mass is 16.5. The normalized spacial score (nSPS) is 34.8. The molecule has 1 heterocycles. The number of ether oxygens (including phenoxy) is 2. The highest BCUT2D eigenvalue weighted by Crippen LogP contribution is 2.28. The van der Waals surface area contributed by atoms with Gasteiger partial charge in [-0.1, -0.05) is 6.92 Å². The van der Waals surface area contributed by atoms with E-state index >= 15 is 0 Å². The molecule has 0 atom stereocenters. The van der Waals surface area contributed by atoms with E-state index in [1.54, 1.807) is 0 Å². The minimum Gasteiger partial charge on any atom is -0.393 e. The molecular formula is C12H22O3. The van der Waals surface area contributed by atoms with Gasteiger partial charge in [-0.25, -0.2) is 0 Å². The Balaban J connectivity index is 1.57. The molecule has 0 amide bonds. The summed E-state index contributed by atoms with van der Waals surface area (Å²) < 4.78 is 10.9. The van der Waals surface area contributed by atoms with Crippen LogP contribution in [0.25, 0.3) is 0 Å². The number of rotatable bonds is 4. The summed E-state index contributed by atoms with van der Waals surface area (Å²) >= 11 is 0. The molecule has 0 radical (unpaired) electrons. The molecule has 2 fully saturated rings. The zero-order valence-corrected chi connectivity index (χ0v) is 9.58. The van der Waals surface area contributed by atoms with Crippen molar-refractivity contribution >= 4 is 0 Å². The predicted molar refractivity (Wildman–Crippen MR) is 57.7 cm³/mol. The minimum absolute atomic E-state index is 0.0567. The Kier molecular flexibility index (Phi) is 3.65. The zero-order chi connectivity index (χ0) is 10.7. The summed E-state index contributed by atoms with van der Waals surface area (Å²) in [5, 5.41) is 9.37. The Hall–Kier alpha value is -0.120. The van der Waals surface area contributed by atoms with Gasteiger partial charge >= 0.3 is 0 Å². The first kappa shape index (κ1) is 11.4. The molecule has 0 aromatic rings. The van der Waals surface area contributed by atoms with E-state index in [2.05, 4.69) is 6.92 Å². The first-order chi connectivity index (χ1) is 7.18. The van der Waals surface area contributed by atoms with Crippen molar-refractivity contribution in [1.82, 2.24) is 0 Å². The van der Waals surface area contributed by atoms with Crippen molar-refractivity contribution in [2.24, 2.45) is 11.3 Å². The molecule has 0 aromatic heterocycles. The van der Waals surface area contributed by atoms with Gasteiger partial charge in [0.2, 0.25) is 0 Å². The second-order valence-electron chi connectivity index (χ2n) is 5.49. The van der Waals surface area contributed by atoms with Gasteiger partial charge in [0, 0.05) is 12.0 Å². The van der Waals surface area contributed by atoms with Crippen molar-refractivity contribution in [1.29, 1.82) is 0 Å². The highest BCUT2D eigenvalue weighted by molar-refractivity contribution is 4.80. The van der Waals surface area contributed by atoms with Crippen LogP contribution in [0.2, 0.25) is 0 Å². The van der Waals surface area contributed by atoms with E-state index in [0.717, 1.165) is 52.1 Å². The molecule has 0 bridgehead atoms. The number of aliphatic hydroxyl groups excluding tert-OH is 1. The van der Waals surface area contributed by atoms with Crippen LogP contribution in [0, 0.1) is 11.3 Å². The smallest absolute Gasteiger partial charge is 0.0564 e. The van der Waals surface area contributed by atoms with Gasteiger partial charge in [-0.05, 0) is 31.6 Å². The van der Waals surface area contributed by atoms with Crippen LogP contribution in [0.1, 0.15) is 32.6 Å². The maximum Gasteiger partial charge on any atom is 0.0564 e. The molecule has 0 aromatic carbocycles. The van der Waals surface area contributed by atoms with E-state index in [4.69, 9.17) is 9.47 Å². The summed E-state index contributed by atoms with van der Waals surface area (Å²) in [5.41, 5.74) is 0.272. The third-order valence-corrected chi connectivity index (χ3v) is 3.52. The van der Waals surface area contributed by atoms with Crippen LogP contribution in [0.4, 0.5) is 0 Å². The molecular weight excluding hydrogens is 192 g/mol. The van der Waals surface area contributed by atoms with Crippen LogP contribution in [0.5, 0.6) is 0 Å². The molecule has 3 nitrogen and oxygen atoms in total. The van der Waals surface area contributed by atoms with Gasteiger partial charge in [0.1, 0.15) is 0 Å². The third kappa shape index (κ3) is 3.16. The average molecular weight is 214 g/mol. The van der Waals surface area contributed by atoms with Gasteiger partial charge in [-0.15, -0.1) is 0 Å². The molecule has 1 saturated heterocycles. The van der Waals surface area contributed by atoms with Crippen molar-refractivity contribution in [3.8, 4) is 0 Å². The molecule has 88 valence electrons. The highest BCUT2D eigenvalue weighted by Gasteiger charge is 2.33. The number of aliphatic hydroxyl groups is 1. The third-order valence-electron chi connectivity index (χ3n) is 3.52. The lowest BCUT2D eigenvalue weighted by atomic mass is 9.87. The fourth-order valence-corrected chi connectivity index (χ4v) is 2.32. The Labute approximate surface area is 91.8 Å². The quantitative estimate of drug-likeness (QED) is 0.772. The van der Waals surface area contributed by atoms with Crippen LogP contribution < -0.4 is 0 Å². The van der Waals surface area contributed by atoms with Crippen LogP contribution in [-0.2, 0) is 9.47 Å². The van der Waals surface area contributed by atoms with Gasteiger partial charge in [0.15, 0.2) is 0 Å². The molecule has 2 rings (SSSR count). The van der Waals surface area contributed by atoms with Crippen LogP contribution in [-0.4, -0.2) is 37.6 Å². The van der Waals surface area contributed by atoms with Crippen molar-refractivity contribution in [2.75, 3.05) is 26.4 Å². The maximum absolute atomic E-state index is 9.37. The molecule has 1 N–H and O–H groups in total. The summed E-state index contributed by atoms with van der Waals surface area (Å²) in [7, 11) is 0. The lowest BCUT2D eigenvalue weighted by Crippen LogP contribution is -2.43. The largest absolute Gasteiger partial charge is 0.393 e. The molecule has 0 spiro atoms. The predicted octanol–water partition coefficient (Wildman–Crippen LogP) is 1.59. The van der Waals surface area contributed by atoms with Crippen LogP contribution in [0.15, 0.2) is 0 Å². The molecule has 15 heavy (non-hydrogen) atoms. The summed E-state index contributed by atoms with van der Waals surface area (Å²) in [4.78, 5) is 0. The summed E-state index contributed by atoms with van der Waals surface area (Å²) in [6, 6.07) is 0. The summed E-state index contributed by atoms with van der Waals surface area (Å²) in [6.07, 6.45) is 4.09. The molecule has 1 saturated carbocycles. The monoisotopic (exact) mass is 214 g/mol. The molecule has 0 unspecified atom stereocenters. The average Bonchev–Trinajstić information content (AvgIpc) is 2.19. The van der Waals surface area contributed by atoms with Gasteiger partial charge in [-0.3, -0.25) is 0 Å².